The normalized spacial score (nSPS) is 11.1. The highest BCUT2D eigenvalue weighted by Crippen LogP contribution is 2.35. The molecule has 3 N–H and O–H groups in total. The summed E-state index contributed by atoms with van der Waals surface area (Å²) in [5, 5.41) is 3.36. The molecule has 0 aliphatic heterocycles. The first kappa shape index (κ1) is 22.2. The molecule has 0 radical (unpaired) electrons. The second kappa shape index (κ2) is 9.66. The predicted octanol–water partition coefficient (Wildman–Crippen LogP) is 4.53. The molecule has 2 aromatic heterocycles. The van der Waals surface area contributed by atoms with Gasteiger partial charge in [0, 0.05) is 24.5 Å². The van der Waals surface area contributed by atoms with E-state index in [0.29, 0.717) is 36.0 Å². The number of aryl methyl sites for hydroxylation is 1. The van der Waals surface area contributed by atoms with Crippen LogP contribution >= 0.6 is 0 Å². The third-order valence-electron chi connectivity index (χ3n) is 4.96. The van der Waals surface area contributed by atoms with Crippen molar-refractivity contribution in [1.29, 1.82) is 0 Å². The zero-order valence-electron chi connectivity index (χ0n) is 18.7. The number of likely N-dealkylation sites (N-methyl/N-ethyl adjacent to an activating group) is 1. The van der Waals surface area contributed by atoms with Gasteiger partial charge >= 0.3 is 0 Å². The number of fused-ring (bicyclic) bond motifs is 1. The van der Waals surface area contributed by atoms with Gasteiger partial charge in [0.1, 0.15) is 41.7 Å². The number of halogens is 1. The molecule has 170 valence electrons. The van der Waals surface area contributed by atoms with Crippen LogP contribution in [0.2, 0.25) is 0 Å². The van der Waals surface area contributed by atoms with Crippen LogP contribution in [0.5, 0.6) is 17.2 Å². The lowest BCUT2D eigenvalue weighted by Gasteiger charge is -2.15. The summed E-state index contributed by atoms with van der Waals surface area (Å²) in [4.78, 5) is 14.5. The van der Waals surface area contributed by atoms with Crippen molar-refractivity contribution in [3.63, 3.8) is 0 Å². The van der Waals surface area contributed by atoms with E-state index in [-0.39, 0.29) is 16.8 Å². The minimum atomic E-state index is -0.622. The fourth-order valence-corrected chi connectivity index (χ4v) is 3.23. The van der Waals surface area contributed by atoms with Gasteiger partial charge in [-0.1, -0.05) is 0 Å². The lowest BCUT2D eigenvalue weighted by atomic mass is 10.1. The Bertz CT molecular complexity index is 1270. The highest BCUT2D eigenvalue weighted by Gasteiger charge is 2.17. The third-order valence-corrected chi connectivity index (χ3v) is 4.96. The van der Waals surface area contributed by atoms with E-state index in [1.165, 1.54) is 6.33 Å². The van der Waals surface area contributed by atoms with Crippen molar-refractivity contribution in [2.45, 2.75) is 6.92 Å². The summed E-state index contributed by atoms with van der Waals surface area (Å²) in [6.07, 6.45) is 4.70. The van der Waals surface area contributed by atoms with Gasteiger partial charge in [0.05, 0.1) is 17.1 Å². The summed E-state index contributed by atoms with van der Waals surface area (Å²) in [5.74, 6) is 1.28. The van der Waals surface area contributed by atoms with Crippen molar-refractivity contribution >= 4 is 28.1 Å². The number of nitrogens with one attached hydrogen (secondary N) is 1. The van der Waals surface area contributed by atoms with Crippen molar-refractivity contribution in [1.82, 2.24) is 19.9 Å². The number of anilines is 3. The monoisotopic (exact) mass is 448 g/mol. The number of hydrogen-bond donors (Lipinski definition) is 2. The van der Waals surface area contributed by atoms with Gasteiger partial charge in [-0.05, 0) is 56.9 Å². The van der Waals surface area contributed by atoms with Crippen molar-refractivity contribution < 1.29 is 13.9 Å². The van der Waals surface area contributed by atoms with Crippen LogP contribution in [-0.2, 0) is 0 Å². The Balaban J connectivity index is 1.60. The van der Waals surface area contributed by atoms with E-state index in [0.717, 1.165) is 11.3 Å². The van der Waals surface area contributed by atoms with Gasteiger partial charge in [-0.15, -0.1) is 0 Å². The topological polar surface area (TPSA) is 98.4 Å². The second-order valence-electron chi connectivity index (χ2n) is 7.77. The molecule has 0 spiro atoms. The van der Waals surface area contributed by atoms with Crippen LogP contribution in [0.4, 0.5) is 21.6 Å². The molecule has 2 aromatic carbocycles. The zero-order chi connectivity index (χ0) is 23.4. The van der Waals surface area contributed by atoms with Crippen LogP contribution in [-0.4, -0.2) is 47.1 Å². The average Bonchev–Trinajstić information content (AvgIpc) is 2.79. The van der Waals surface area contributed by atoms with E-state index in [9.17, 15) is 0 Å². The first-order valence-electron chi connectivity index (χ1n) is 10.4. The molecule has 2 heterocycles. The number of hydrogen-bond acceptors (Lipinski definition) is 8. The van der Waals surface area contributed by atoms with Gasteiger partial charge in [-0.25, -0.2) is 14.4 Å². The van der Waals surface area contributed by atoms with Crippen LogP contribution in [0.25, 0.3) is 10.9 Å². The number of rotatable bonds is 8. The molecule has 0 aliphatic carbocycles. The molecule has 0 bridgehead atoms. The van der Waals surface area contributed by atoms with Crippen LogP contribution in [0.15, 0.2) is 55.1 Å². The summed E-state index contributed by atoms with van der Waals surface area (Å²) in [5.41, 5.74) is 7.95. The summed E-state index contributed by atoms with van der Waals surface area (Å²) in [6.45, 7) is 2.98. The van der Waals surface area contributed by atoms with Crippen molar-refractivity contribution in [3.8, 4) is 17.2 Å². The molecule has 8 nitrogen and oxygen atoms in total. The number of nitrogens with two attached hydrogens (primary N) is 1. The maximum atomic E-state index is 15.2. The smallest absolute Gasteiger partial charge is 0.163 e. The minimum absolute atomic E-state index is 0.0736. The van der Waals surface area contributed by atoms with E-state index in [1.807, 2.05) is 50.2 Å². The Kier molecular flexibility index (Phi) is 6.50. The minimum Gasteiger partial charge on any atom is -0.490 e. The maximum absolute atomic E-state index is 15.2. The highest BCUT2D eigenvalue weighted by atomic mass is 19.1. The van der Waals surface area contributed by atoms with E-state index in [1.54, 1.807) is 24.5 Å². The lowest BCUT2D eigenvalue weighted by Crippen LogP contribution is -2.19. The SMILES string of the molecule is Cc1cc(Nc2ncnc3cc(OCCN(C)C)c(N)c(F)c23)ccc1Oc1cccnc1. The van der Waals surface area contributed by atoms with Crippen molar-refractivity contribution in [3.05, 3.63) is 66.5 Å². The van der Waals surface area contributed by atoms with Gasteiger partial charge in [0.15, 0.2) is 5.82 Å². The summed E-state index contributed by atoms with van der Waals surface area (Å²) in [7, 11) is 3.86. The Labute approximate surface area is 191 Å². The number of pyridine rings is 1. The van der Waals surface area contributed by atoms with Crippen LogP contribution in [0, 0.1) is 12.7 Å². The Hall–Kier alpha value is -3.98. The van der Waals surface area contributed by atoms with Crippen molar-refractivity contribution in [2.24, 2.45) is 0 Å². The van der Waals surface area contributed by atoms with Gasteiger partial charge in [0.25, 0.3) is 0 Å². The molecule has 0 unspecified atom stereocenters. The van der Waals surface area contributed by atoms with E-state index in [4.69, 9.17) is 15.2 Å². The second-order valence-corrected chi connectivity index (χ2v) is 7.77. The third kappa shape index (κ3) is 5.09. The molecular formula is C24H25FN6O2. The molecule has 0 atom stereocenters. The fourth-order valence-electron chi connectivity index (χ4n) is 3.23. The number of ether oxygens (including phenoxy) is 2. The number of benzene rings is 2. The maximum Gasteiger partial charge on any atom is 0.163 e. The predicted molar refractivity (Wildman–Crippen MR) is 127 cm³/mol. The quantitative estimate of drug-likeness (QED) is 0.380. The number of nitrogen functional groups attached to an aromatic ring is 1. The van der Waals surface area contributed by atoms with E-state index >= 15 is 4.39 Å². The van der Waals surface area contributed by atoms with Crippen molar-refractivity contribution in [2.75, 3.05) is 38.3 Å². The molecular weight excluding hydrogens is 423 g/mol. The van der Waals surface area contributed by atoms with Crippen LogP contribution < -0.4 is 20.5 Å². The molecule has 0 saturated heterocycles. The van der Waals surface area contributed by atoms with E-state index in [2.05, 4.69) is 20.3 Å². The molecule has 9 heteroatoms. The average molecular weight is 449 g/mol. The van der Waals surface area contributed by atoms with Gasteiger partial charge in [-0.3, -0.25) is 4.98 Å². The standard InChI is InChI=1S/C24H25FN6O2/c1-15-11-16(6-7-19(15)33-17-5-4-8-27-13-17)30-24-21-18(28-14-29-24)12-20(23(26)22(21)25)32-10-9-31(2)3/h4-8,11-14H,9-10,26H2,1-3H3,(H,28,29,30). The number of aromatic nitrogens is 3. The van der Waals surface area contributed by atoms with Gasteiger partial charge in [0.2, 0.25) is 0 Å². The van der Waals surface area contributed by atoms with Crippen LogP contribution in [0.1, 0.15) is 5.56 Å². The molecule has 0 aliphatic rings. The highest BCUT2D eigenvalue weighted by molar-refractivity contribution is 5.95. The van der Waals surface area contributed by atoms with Gasteiger partial charge in [-0.2, -0.15) is 0 Å². The molecule has 4 rings (SSSR count). The number of nitrogens with zero attached hydrogens (tertiary/aromatic N) is 4. The summed E-state index contributed by atoms with van der Waals surface area (Å²) >= 11 is 0. The summed E-state index contributed by atoms with van der Waals surface area (Å²) in [6, 6.07) is 10.8. The van der Waals surface area contributed by atoms with E-state index < -0.39 is 5.82 Å². The molecule has 4 aromatic rings. The molecule has 0 amide bonds. The largest absolute Gasteiger partial charge is 0.490 e. The van der Waals surface area contributed by atoms with Gasteiger partial charge < -0.3 is 25.4 Å². The molecule has 0 fully saturated rings. The fraction of sp³-hybridized carbons (Fsp3) is 0.208. The Morgan fingerprint density at radius 1 is 1.12 bits per heavy atom. The summed E-state index contributed by atoms with van der Waals surface area (Å²) < 4.78 is 26.8. The first-order chi connectivity index (χ1) is 15.9. The molecule has 33 heavy (non-hydrogen) atoms. The zero-order valence-corrected chi connectivity index (χ0v) is 18.7. The Morgan fingerprint density at radius 3 is 2.70 bits per heavy atom. The molecule has 0 saturated carbocycles. The van der Waals surface area contributed by atoms with Crippen LogP contribution in [0.3, 0.4) is 0 Å². The Morgan fingerprint density at radius 2 is 1.97 bits per heavy atom. The first-order valence-corrected chi connectivity index (χ1v) is 10.4. The lowest BCUT2D eigenvalue weighted by molar-refractivity contribution is 0.262.